The molecule has 0 bridgehead atoms. The van der Waals surface area contributed by atoms with Crippen molar-refractivity contribution in [3.63, 3.8) is 0 Å². The summed E-state index contributed by atoms with van der Waals surface area (Å²) >= 11 is 12.9. The predicted octanol–water partition coefficient (Wildman–Crippen LogP) is 6.01. The third-order valence-corrected chi connectivity index (χ3v) is 5.80. The van der Waals surface area contributed by atoms with Gasteiger partial charge in [0.15, 0.2) is 4.32 Å². The highest BCUT2D eigenvalue weighted by Gasteiger charge is 2.33. The molecule has 1 saturated heterocycles. The van der Waals surface area contributed by atoms with Gasteiger partial charge in [0.1, 0.15) is 17.3 Å². The number of carbonyl (C=O) groups is 1. The topological polar surface area (TPSA) is 42.7 Å². The summed E-state index contributed by atoms with van der Waals surface area (Å²) < 4.78 is 11.5. The Morgan fingerprint density at radius 2 is 1.86 bits per heavy atom. The van der Waals surface area contributed by atoms with E-state index in [9.17, 15) is 4.79 Å². The van der Waals surface area contributed by atoms with Gasteiger partial charge in [-0.05, 0) is 48.5 Å². The Labute approximate surface area is 176 Å². The summed E-state index contributed by atoms with van der Waals surface area (Å²) in [5, 5.41) is 0.606. The standard InChI is InChI=1S/C21H14ClNO3S2/c1-25-14-8-6-13(7-9-14)23-20(24)19(28-21(23)27)12-15-10-11-18(26-15)16-4-2-3-5-17(16)22/h2-12H,1H3/b19-12+. The van der Waals surface area contributed by atoms with Crippen LogP contribution in [0.5, 0.6) is 5.75 Å². The third kappa shape index (κ3) is 3.58. The van der Waals surface area contributed by atoms with E-state index in [1.807, 2.05) is 24.3 Å². The van der Waals surface area contributed by atoms with E-state index in [1.54, 1.807) is 49.6 Å². The molecule has 2 heterocycles. The molecule has 28 heavy (non-hydrogen) atoms. The first kappa shape index (κ1) is 18.8. The van der Waals surface area contributed by atoms with Gasteiger partial charge in [-0.2, -0.15) is 0 Å². The van der Waals surface area contributed by atoms with Crippen molar-refractivity contribution in [2.24, 2.45) is 0 Å². The summed E-state index contributed by atoms with van der Waals surface area (Å²) in [5.41, 5.74) is 1.50. The number of hydrogen-bond donors (Lipinski definition) is 0. The van der Waals surface area contributed by atoms with Crippen LogP contribution in [-0.2, 0) is 4.79 Å². The second kappa shape index (κ2) is 7.83. The molecule has 140 valence electrons. The van der Waals surface area contributed by atoms with Gasteiger partial charge < -0.3 is 9.15 Å². The zero-order chi connectivity index (χ0) is 19.7. The quantitative estimate of drug-likeness (QED) is 0.376. The second-order valence-electron chi connectivity index (χ2n) is 5.90. The number of benzene rings is 2. The van der Waals surface area contributed by atoms with Crippen LogP contribution in [-0.4, -0.2) is 17.3 Å². The number of carbonyl (C=O) groups excluding carboxylic acids is 1. The van der Waals surface area contributed by atoms with Crippen LogP contribution in [0.4, 0.5) is 5.69 Å². The maximum absolute atomic E-state index is 12.9. The SMILES string of the molecule is COc1ccc(N2C(=O)/C(=C\c3ccc(-c4ccccc4Cl)o3)SC2=S)cc1. The smallest absolute Gasteiger partial charge is 0.270 e. The highest BCUT2D eigenvalue weighted by molar-refractivity contribution is 8.27. The number of nitrogens with zero attached hydrogens (tertiary/aromatic N) is 1. The van der Waals surface area contributed by atoms with Gasteiger partial charge in [-0.25, -0.2) is 0 Å². The maximum atomic E-state index is 12.9. The Morgan fingerprint density at radius 1 is 1.11 bits per heavy atom. The number of ether oxygens (including phenoxy) is 1. The van der Waals surface area contributed by atoms with E-state index in [2.05, 4.69) is 0 Å². The van der Waals surface area contributed by atoms with Crippen LogP contribution in [0.3, 0.4) is 0 Å². The lowest BCUT2D eigenvalue weighted by Crippen LogP contribution is -2.27. The molecule has 1 fully saturated rings. The van der Waals surface area contributed by atoms with Gasteiger partial charge in [0.25, 0.3) is 5.91 Å². The van der Waals surface area contributed by atoms with Crippen molar-refractivity contribution < 1.29 is 13.9 Å². The average Bonchev–Trinajstić information content (AvgIpc) is 3.27. The Balaban J connectivity index is 1.60. The lowest BCUT2D eigenvalue weighted by Gasteiger charge is -2.14. The van der Waals surface area contributed by atoms with Gasteiger partial charge in [-0.3, -0.25) is 9.69 Å². The van der Waals surface area contributed by atoms with Crippen molar-refractivity contribution in [3.05, 3.63) is 76.4 Å². The van der Waals surface area contributed by atoms with Crippen LogP contribution < -0.4 is 9.64 Å². The van der Waals surface area contributed by atoms with E-state index >= 15 is 0 Å². The Bertz CT molecular complexity index is 1090. The molecular formula is C21H14ClNO3S2. The lowest BCUT2D eigenvalue weighted by atomic mass is 10.2. The van der Waals surface area contributed by atoms with Gasteiger partial charge in [-0.15, -0.1) is 0 Å². The number of rotatable bonds is 4. The van der Waals surface area contributed by atoms with Crippen LogP contribution in [0.1, 0.15) is 5.76 Å². The molecule has 0 saturated carbocycles. The minimum atomic E-state index is -0.184. The van der Waals surface area contributed by atoms with E-state index in [1.165, 1.54) is 16.7 Å². The van der Waals surface area contributed by atoms with E-state index in [-0.39, 0.29) is 5.91 Å². The summed E-state index contributed by atoms with van der Waals surface area (Å²) in [7, 11) is 1.59. The van der Waals surface area contributed by atoms with Crippen molar-refractivity contribution in [2.45, 2.75) is 0 Å². The van der Waals surface area contributed by atoms with E-state index < -0.39 is 0 Å². The molecule has 1 aliphatic heterocycles. The number of halogens is 1. The maximum Gasteiger partial charge on any atom is 0.270 e. The molecule has 1 amide bonds. The third-order valence-electron chi connectivity index (χ3n) is 4.16. The minimum absolute atomic E-state index is 0.184. The first-order chi connectivity index (χ1) is 13.6. The number of hydrogen-bond acceptors (Lipinski definition) is 5. The molecule has 4 nitrogen and oxygen atoms in total. The largest absolute Gasteiger partial charge is 0.497 e. The Morgan fingerprint density at radius 3 is 2.57 bits per heavy atom. The molecule has 0 unspecified atom stereocenters. The molecule has 2 aromatic carbocycles. The highest BCUT2D eigenvalue weighted by atomic mass is 35.5. The fourth-order valence-electron chi connectivity index (χ4n) is 2.79. The molecule has 7 heteroatoms. The monoisotopic (exact) mass is 427 g/mol. The number of thioether (sulfide) groups is 1. The van der Waals surface area contributed by atoms with E-state index in [4.69, 9.17) is 33.0 Å². The van der Waals surface area contributed by atoms with Crippen LogP contribution in [0.2, 0.25) is 5.02 Å². The van der Waals surface area contributed by atoms with Crippen molar-refractivity contribution >= 4 is 57.6 Å². The van der Waals surface area contributed by atoms with Crippen molar-refractivity contribution in [1.29, 1.82) is 0 Å². The fraction of sp³-hybridized carbons (Fsp3) is 0.0476. The molecule has 0 atom stereocenters. The summed E-state index contributed by atoms with van der Waals surface area (Å²) in [6.07, 6.45) is 1.70. The fourth-order valence-corrected chi connectivity index (χ4v) is 4.29. The summed E-state index contributed by atoms with van der Waals surface area (Å²) in [6.45, 7) is 0. The van der Waals surface area contributed by atoms with Gasteiger partial charge in [0.2, 0.25) is 0 Å². The molecule has 1 aliphatic rings. The molecule has 3 aromatic rings. The van der Waals surface area contributed by atoms with Crippen LogP contribution in [0.25, 0.3) is 17.4 Å². The molecule has 0 spiro atoms. The van der Waals surface area contributed by atoms with Crippen molar-refractivity contribution in [1.82, 2.24) is 0 Å². The zero-order valence-electron chi connectivity index (χ0n) is 14.7. The number of thiocarbonyl (C=S) groups is 1. The average molecular weight is 428 g/mol. The molecular weight excluding hydrogens is 414 g/mol. The Kier molecular flexibility index (Phi) is 5.26. The van der Waals surface area contributed by atoms with Crippen LogP contribution >= 0.6 is 35.6 Å². The lowest BCUT2D eigenvalue weighted by molar-refractivity contribution is -0.113. The van der Waals surface area contributed by atoms with E-state index in [0.717, 1.165) is 5.56 Å². The summed E-state index contributed by atoms with van der Waals surface area (Å²) in [6, 6.07) is 18.3. The van der Waals surface area contributed by atoms with Crippen LogP contribution in [0.15, 0.2) is 70.0 Å². The predicted molar refractivity (Wildman–Crippen MR) is 118 cm³/mol. The van der Waals surface area contributed by atoms with Gasteiger partial charge in [-0.1, -0.05) is 47.7 Å². The molecule has 0 aliphatic carbocycles. The second-order valence-corrected chi connectivity index (χ2v) is 7.98. The van der Waals surface area contributed by atoms with Gasteiger partial charge >= 0.3 is 0 Å². The number of methoxy groups -OCH3 is 1. The normalized spacial score (nSPS) is 15.5. The molecule has 4 rings (SSSR count). The van der Waals surface area contributed by atoms with Crippen LogP contribution in [0, 0.1) is 0 Å². The molecule has 0 N–H and O–H groups in total. The zero-order valence-corrected chi connectivity index (χ0v) is 17.1. The summed E-state index contributed by atoms with van der Waals surface area (Å²) in [5.74, 6) is 1.73. The van der Waals surface area contributed by atoms with Crippen molar-refractivity contribution in [2.75, 3.05) is 12.0 Å². The minimum Gasteiger partial charge on any atom is -0.497 e. The number of anilines is 1. The van der Waals surface area contributed by atoms with E-state index in [0.29, 0.717) is 37.2 Å². The van der Waals surface area contributed by atoms with Crippen molar-refractivity contribution in [3.8, 4) is 17.1 Å². The van der Waals surface area contributed by atoms with Gasteiger partial charge in [0, 0.05) is 11.6 Å². The molecule has 1 aromatic heterocycles. The number of furan rings is 1. The highest BCUT2D eigenvalue weighted by Crippen LogP contribution is 2.37. The Hall–Kier alpha value is -2.54. The first-order valence-electron chi connectivity index (χ1n) is 8.33. The number of amides is 1. The van der Waals surface area contributed by atoms with Gasteiger partial charge in [0.05, 0.1) is 22.7 Å². The first-order valence-corrected chi connectivity index (χ1v) is 9.94. The molecule has 0 radical (unpaired) electrons. The summed E-state index contributed by atoms with van der Waals surface area (Å²) in [4.78, 5) is 14.9.